The first-order chi connectivity index (χ1) is 15.7. The normalized spacial score (nSPS) is 29.7. The summed E-state index contributed by atoms with van der Waals surface area (Å²) in [4.78, 5) is 62.9. The Morgan fingerprint density at radius 3 is 2.24 bits per heavy atom. The number of hydrogen-bond donors (Lipinski definition) is 2. The number of nitrogens with zero attached hydrogens (tertiary/aromatic N) is 1. The van der Waals surface area contributed by atoms with Gasteiger partial charge in [-0.3, -0.25) is 39.7 Å². The second kappa shape index (κ2) is 9.71. The van der Waals surface area contributed by atoms with E-state index >= 15 is 0 Å². The number of nitrogens with one attached hydrogen (secondary N) is 2. The first-order valence-corrected chi connectivity index (χ1v) is 12.5. The topological polar surface area (TPSA) is 122 Å². The fourth-order valence-corrected chi connectivity index (χ4v) is 7.02. The molecule has 1 aromatic rings. The van der Waals surface area contributed by atoms with E-state index in [4.69, 9.17) is 16.3 Å². The van der Waals surface area contributed by atoms with Gasteiger partial charge in [0, 0.05) is 16.2 Å². The smallest absolute Gasteiger partial charge is 0.308 e. The van der Waals surface area contributed by atoms with Crippen LogP contribution in [0.5, 0.6) is 0 Å². The molecule has 1 aliphatic heterocycles. The zero-order chi connectivity index (χ0) is 23.9. The van der Waals surface area contributed by atoms with Crippen LogP contribution in [0, 0.1) is 23.7 Å². The van der Waals surface area contributed by atoms with E-state index in [1.807, 2.05) is 0 Å². The molecule has 2 aliphatic carbocycles. The zero-order valence-corrected chi connectivity index (χ0v) is 21.1. The third kappa shape index (κ3) is 4.54. The maximum absolute atomic E-state index is 12.8. The lowest BCUT2D eigenvalue weighted by Gasteiger charge is -2.28. The van der Waals surface area contributed by atoms with Crippen LogP contribution in [0.4, 0.5) is 0 Å². The summed E-state index contributed by atoms with van der Waals surface area (Å²) >= 11 is 13.2. The van der Waals surface area contributed by atoms with Crippen molar-refractivity contribution < 1.29 is 28.7 Å². The SMILES string of the molecule is O=C(COC(=O)CCN1C(=O)[C@@H]2[C@H]3C[C@@H]([C@H](Br)[C@H]3Br)[C@@H]2C1=O)NNC(=O)c1ccccc1Cl. The molecule has 4 rings (SSSR count). The minimum absolute atomic E-state index is 0.0896. The lowest BCUT2D eigenvalue weighted by Crippen LogP contribution is -2.43. The first kappa shape index (κ1) is 24.2. The molecule has 0 aromatic heterocycles. The predicted molar refractivity (Wildman–Crippen MR) is 123 cm³/mol. The van der Waals surface area contributed by atoms with E-state index in [-0.39, 0.29) is 68.7 Å². The highest BCUT2D eigenvalue weighted by atomic mass is 79.9. The Balaban J connectivity index is 1.21. The number of esters is 1. The molecule has 2 saturated carbocycles. The van der Waals surface area contributed by atoms with Gasteiger partial charge in [0.2, 0.25) is 11.8 Å². The Bertz CT molecular complexity index is 991. The van der Waals surface area contributed by atoms with Crippen LogP contribution < -0.4 is 10.9 Å². The Morgan fingerprint density at radius 2 is 1.64 bits per heavy atom. The van der Waals surface area contributed by atoms with E-state index < -0.39 is 24.4 Å². The summed E-state index contributed by atoms with van der Waals surface area (Å²) in [6, 6.07) is 6.30. The number of ether oxygens (including phenoxy) is 1. The van der Waals surface area contributed by atoms with Gasteiger partial charge in [0.1, 0.15) is 0 Å². The molecule has 0 unspecified atom stereocenters. The number of halogens is 3. The van der Waals surface area contributed by atoms with Gasteiger partial charge in [-0.05, 0) is 30.4 Å². The van der Waals surface area contributed by atoms with Crippen LogP contribution in [0.2, 0.25) is 5.02 Å². The highest BCUT2D eigenvalue weighted by molar-refractivity contribution is 9.12. The number of rotatable bonds is 6. The fraction of sp³-hybridized carbons (Fsp3) is 0.476. The van der Waals surface area contributed by atoms with Crippen LogP contribution in [-0.4, -0.2) is 57.3 Å². The summed E-state index contributed by atoms with van der Waals surface area (Å²) in [5.74, 6) is -3.08. The number of alkyl halides is 2. The Kier molecular flexibility index (Phi) is 7.11. The summed E-state index contributed by atoms with van der Waals surface area (Å²) in [7, 11) is 0. The average molecular weight is 606 g/mol. The first-order valence-electron chi connectivity index (χ1n) is 10.3. The quantitative estimate of drug-likeness (QED) is 0.221. The molecule has 3 aliphatic rings. The standard InChI is InChI=1S/C21H20Br2ClN3O6/c22-17-10-7-11(18(17)23)16-15(10)20(31)27(21(16)32)6-5-14(29)33-8-13(28)25-26-19(30)9-3-1-2-4-12(9)24/h1-4,10-11,15-18H,5-8H2,(H,25,28)(H,26,30)/t10-,11-,15-,16+,17+,18+/m1/s1. The maximum atomic E-state index is 12.8. The van der Waals surface area contributed by atoms with Crippen LogP contribution in [-0.2, 0) is 23.9 Å². The molecule has 3 fully saturated rings. The largest absolute Gasteiger partial charge is 0.455 e. The molecular formula is C21H20Br2ClN3O6. The molecule has 4 amide bonds. The highest BCUT2D eigenvalue weighted by Crippen LogP contribution is 2.60. The molecular weight excluding hydrogens is 586 g/mol. The van der Waals surface area contributed by atoms with E-state index in [1.54, 1.807) is 12.1 Å². The van der Waals surface area contributed by atoms with Crippen molar-refractivity contribution in [2.75, 3.05) is 13.2 Å². The van der Waals surface area contributed by atoms with Crippen molar-refractivity contribution in [3.05, 3.63) is 34.9 Å². The summed E-state index contributed by atoms with van der Waals surface area (Å²) in [5.41, 5.74) is 4.47. The Morgan fingerprint density at radius 1 is 1.03 bits per heavy atom. The molecule has 0 radical (unpaired) electrons. The van der Waals surface area contributed by atoms with Crippen molar-refractivity contribution in [2.24, 2.45) is 23.7 Å². The molecule has 0 spiro atoms. The van der Waals surface area contributed by atoms with Crippen molar-refractivity contribution >= 4 is 73.1 Å². The van der Waals surface area contributed by atoms with Crippen LogP contribution in [0.15, 0.2) is 24.3 Å². The fourth-order valence-electron chi connectivity index (χ4n) is 4.93. The number of imide groups is 1. The lowest BCUT2D eigenvalue weighted by molar-refractivity contribution is -0.150. The van der Waals surface area contributed by atoms with Gasteiger partial charge in [-0.2, -0.15) is 0 Å². The van der Waals surface area contributed by atoms with E-state index in [9.17, 15) is 24.0 Å². The van der Waals surface area contributed by atoms with E-state index in [0.717, 1.165) is 11.3 Å². The van der Waals surface area contributed by atoms with Crippen molar-refractivity contribution in [1.82, 2.24) is 15.8 Å². The van der Waals surface area contributed by atoms with Crippen molar-refractivity contribution in [1.29, 1.82) is 0 Å². The van der Waals surface area contributed by atoms with Gasteiger partial charge in [-0.15, -0.1) is 0 Å². The van der Waals surface area contributed by atoms with Crippen LogP contribution in [0.3, 0.4) is 0 Å². The Hall–Kier alpha value is -1.98. The van der Waals surface area contributed by atoms with Gasteiger partial charge in [0.15, 0.2) is 6.61 Å². The molecule has 1 saturated heterocycles. The number of carbonyl (C=O) groups is 5. The second-order valence-corrected chi connectivity index (χ2v) is 10.7. The summed E-state index contributed by atoms with van der Waals surface area (Å²) in [6.45, 7) is -0.719. The number of benzene rings is 1. The minimum atomic E-state index is -0.755. The zero-order valence-electron chi connectivity index (χ0n) is 17.1. The number of likely N-dealkylation sites (tertiary alicyclic amines) is 1. The summed E-state index contributed by atoms with van der Waals surface area (Å²) < 4.78 is 4.89. The number of amides is 4. The van der Waals surface area contributed by atoms with Crippen LogP contribution >= 0.6 is 43.5 Å². The Labute approximate surface area is 211 Å². The minimum Gasteiger partial charge on any atom is -0.455 e. The number of carbonyl (C=O) groups excluding carboxylic acids is 5. The molecule has 33 heavy (non-hydrogen) atoms. The molecule has 6 atom stereocenters. The number of hydrazine groups is 1. The van der Waals surface area contributed by atoms with E-state index in [0.29, 0.717) is 0 Å². The molecule has 1 heterocycles. The average Bonchev–Trinajstić information content (AvgIpc) is 3.40. The monoisotopic (exact) mass is 603 g/mol. The number of fused-ring (bicyclic) bond motifs is 5. The molecule has 9 nitrogen and oxygen atoms in total. The third-order valence-corrected chi connectivity index (χ3v) is 9.95. The molecule has 176 valence electrons. The molecule has 2 N–H and O–H groups in total. The molecule has 1 aromatic carbocycles. The van der Waals surface area contributed by atoms with E-state index in [2.05, 4.69) is 42.7 Å². The van der Waals surface area contributed by atoms with Crippen LogP contribution in [0.25, 0.3) is 0 Å². The van der Waals surface area contributed by atoms with Gasteiger partial charge in [0.25, 0.3) is 11.8 Å². The van der Waals surface area contributed by atoms with Gasteiger partial charge in [-0.1, -0.05) is 55.6 Å². The summed E-state index contributed by atoms with van der Waals surface area (Å²) in [5, 5.41) is 0.220. The summed E-state index contributed by atoms with van der Waals surface area (Å²) in [6.07, 6.45) is 0.609. The predicted octanol–water partition coefficient (Wildman–Crippen LogP) is 1.81. The maximum Gasteiger partial charge on any atom is 0.308 e. The van der Waals surface area contributed by atoms with Gasteiger partial charge in [-0.25, -0.2) is 0 Å². The molecule has 12 heteroatoms. The number of hydrogen-bond acceptors (Lipinski definition) is 6. The van der Waals surface area contributed by atoms with E-state index in [1.165, 1.54) is 12.1 Å². The van der Waals surface area contributed by atoms with Crippen molar-refractivity contribution in [2.45, 2.75) is 22.5 Å². The second-order valence-electron chi connectivity index (χ2n) is 8.22. The van der Waals surface area contributed by atoms with Gasteiger partial charge < -0.3 is 4.74 Å². The third-order valence-electron chi connectivity index (χ3n) is 6.42. The van der Waals surface area contributed by atoms with Crippen LogP contribution in [0.1, 0.15) is 23.2 Å². The van der Waals surface area contributed by atoms with Gasteiger partial charge >= 0.3 is 5.97 Å². The molecule has 2 bridgehead atoms. The van der Waals surface area contributed by atoms with Gasteiger partial charge in [0.05, 0.1) is 28.8 Å². The van der Waals surface area contributed by atoms with Crippen molar-refractivity contribution in [3.63, 3.8) is 0 Å². The van der Waals surface area contributed by atoms with Crippen molar-refractivity contribution in [3.8, 4) is 0 Å². The lowest BCUT2D eigenvalue weighted by atomic mass is 9.81. The highest BCUT2D eigenvalue weighted by Gasteiger charge is 2.66.